The van der Waals surface area contributed by atoms with Crippen molar-refractivity contribution >= 4 is 16.9 Å². The molecule has 3 heterocycles. The van der Waals surface area contributed by atoms with Gasteiger partial charge < -0.3 is 24.5 Å². The highest BCUT2D eigenvalue weighted by Gasteiger charge is 2.35. The van der Waals surface area contributed by atoms with E-state index in [4.69, 9.17) is 9.47 Å². The number of aliphatic hydroxyl groups is 1. The topological polar surface area (TPSA) is 123 Å². The Bertz CT molecular complexity index is 1470. The first-order valence-corrected chi connectivity index (χ1v) is 11.7. The fourth-order valence-corrected chi connectivity index (χ4v) is 4.68. The smallest absolute Gasteiger partial charge is 0.261 e. The molecule has 10 heteroatoms. The Balaban J connectivity index is 1.30. The first kappa shape index (κ1) is 23.6. The number of hydrogen-bond donors (Lipinski definition) is 2. The molecule has 5 rings (SSSR count). The van der Waals surface area contributed by atoms with Crippen LogP contribution in [0.25, 0.3) is 16.7 Å². The molecule has 0 bridgehead atoms. The molecule has 10 nitrogen and oxygen atoms in total. The summed E-state index contributed by atoms with van der Waals surface area (Å²) in [6.07, 6.45) is 4.16. The van der Waals surface area contributed by atoms with Crippen molar-refractivity contribution in [1.82, 2.24) is 24.6 Å². The Kier molecular flexibility index (Phi) is 6.19. The molecule has 2 N–H and O–H groups in total. The molecule has 2 aromatic heterocycles. The molecule has 186 valence electrons. The number of fused-ring (bicyclic) bond motifs is 1. The van der Waals surface area contributed by atoms with Crippen LogP contribution >= 0.6 is 0 Å². The molecule has 1 amide bonds. The van der Waals surface area contributed by atoms with E-state index in [2.05, 4.69) is 15.1 Å². The minimum atomic E-state index is -0.949. The maximum Gasteiger partial charge on any atom is 0.261 e. The van der Waals surface area contributed by atoms with Gasteiger partial charge in [-0.2, -0.15) is 5.10 Å². The second-order valence-corrected chi connectivity index (χ2v) is 8.95. The van der Waals surface area contributed by atoms with Crippen LogP contribution in [0.1, 0.15) is 28.8 Å². The minimum Gasteiger partial charge on any atom is -0.497 e. The van der Waals surface area contributed by atoms with Gasteiger partial charge in [0.2, 0.25) is 0 Å². The quantitative estimate of drug-likeness (QED) is 0.426. The number of aromatic nitrogens is 4. The number of benzene rings is 2. The maximum atomic E-state index is 13.2. The number of likely N-dealkylation sites (tertiary alicyclic amines) is 1. The van der Waals surface area contributed by atoms with E-state index in [1.807, 2.05) is 24.3 Å². The van der Waals surface area contributed by atoms with Crippen LogP contribution in [0.15, 0.2) is 59.8 Å². The molecule has 0 saturated carbocycles. The number of nitrogens with zero attached hydrogens (tertiary/aromatic N) is 4. The minimum absolute atomic E-state index is 0.150. The maximum absolute atomic E-state index is 13.2. The summed E-state index contributed by atoms with van der Waals surface area (Å²) in [4.78, 5) is 33.7. The number of ether oxygens (including phenoxy) is 2. The van der Waals surface area contributed by atoms with E-state index in [1.54, 1.807) is 34.9 Å². The third-order valence-electron chi connectivity index (χ3n) is 6.68. The lowest BCUT2D eigenvalue weighted by Gasteiger charge is -2.38. The predicted molar refractivity (Wildman–Crippen MR) is 133 cm³/mol. The Morgan fingerprint density at radius 1 is 1.14 bits per heavy atom. The second-order valence-electron chi connectivity index (χ2n) is 8.95. The zero-order chi connectivity index (χ0) is 25.3. The summed E-state index contributed by atoms with van der Waals surface area (Å²) in [5.74, 6) is 0.918. The third kappa shape index (κ3) is 4.42. The molecule has 4 aromatic rings. The zero-order valence-electron chi connectivity index (χ0n) is 20.1. The van der Waals surface area contributed by atoms with E-state index >= 15 is 0 Å². The standard InChI is InChI=1S/C26H27N5O5/c1-35-19-6-7-22(36-2)20(13-19)25(33)30-10-8-26(34,9-11-30)14-17-4-3-5-18(12-17)31-23-21(15-29-31)24(32)28-16-27-23/h3-7,12-13,15-16,34H,8-11,14H2,1-2H3,(H,27,28,32). The Labute approximate surface area is 207 Å². The third-order valence-corrected chi connectivity index (χ3v) is 6.68. The molecular weight excluding hydrogens is 462 g/mol. The van der Waals surface area contributed by atoms with Crippen molar-refractivity contribution < 1.29 is 19.4 Å². The number of H-pyrrole nitrogens is 1. The molecule has 2 aromatic carbocycles. The van der Waals surface area contributed by atoms with E-state index in [0.29, 0.717) is 60.4 Å². The normalized spacial score (nSPS) is 15.1. The first-order chi connectivity index (χ1) is 17.4. The number of nitrogens with one attached hydrogen (secondary N) is 1. The van der Waals surface area contributed by atoms with Crippen LogP contribution in [0.2, 0.25) is 0 Å². The van der Waals surface area contributed by atoms with Gasteiger partial charge in [0.1, 0.15) is 16.9 Å². The van der Waals surface area contributed by atoms with E-state index in [-0.39, 0.29) is 11.5 Å². The van der Waals surface area contributed by atoms with Crippen molar-refractivity contribution in [3.63, 3.8) is 0 Å². The van der Waals surface area contributed by atoms with Crippen molar-refractivity contribution in [2.45, 2.75) is 24.9 Å². The van der Waals surface area contributed by atoms with Gasteiger partial charge >= 0.3 is 0 Å². The number of carbonyl (C=O) groups is 1. The predicted octanol–water partition coefficient (Wildman–Crippen LogP) is 2.34. The van der Waals surface area contributed by atoms with Crippen LogP contribution in [0.5, 0.6) is 11.5 Å². The first-order valence-electron chi connectivity index (χ1n) is 11.7. The fourth-order valence-electron chi connectivity index (χ4n) is 4.68. The van der Waals surface area contributed by atoms with Crippen LogP contribution in [0.4, 0.5) is 0 Å². The van der Waals surface area contributed by atoms with Crippen LogP contribution in [0, 0.1) is 0 Å². The zero-order valence-corrected chi connectivity index (χ0v) is 20.1. The highest BCUT2D eigenvalue weighted by Crippen LogP contribution is 2.31. The lowest BCUT2D eigenvalue weighted by molar-refractivity contribution is -0.0163. The molecule has 1 saturated heterocycles. The Morgan fingerprint density at radius 3 is 2.69 bits per heavy atom. The van der Waals surface area contributed by atoms with Gasteiger partial charge in [-0.05, 0) is 48.7 Å². The molecule has 0 unspecified atom stereocenters. The average Bonchev–Trinajstić information content (AvgIpc) is 3.34. The van der Waals surface area contributed by atoms with Gasteiger partial charge in [0, 0.05) is 19.5 Å². The second kappa shape index (κ2) is 9.46. The molecule has 36 heavy (non-hydrogen) atoms. The van der Waals surface area contributed by atoms with Gasteiger partial charge in [-0.15, -0.1) is 0 Å². The van der Waals surface area contributed by atoms with Crippen LogP contribution in [-0.4, -0.2) is 68.6 Å². The van der Waals surface area contributed by atoms with Gasteiger partial charge in [0.15, 0.2) is 5.65 Å². The monoisotopic (exact) mass is 489 g/mol. The largest absolute Gasteiger partial charge is 0.497 e. The lowest BCUT2D eigenvalue weighted by atomic mass is 9.85. The SMILES string of the molecule is COc1ccc(OC)c(C(=O)N2CCC(O)(Cc3cccc(-n4ncc5c(=O)[nH]cnc54)c3)CC2)c1. The Hall–Kier alpha value is -4.18. The van der Waals surface area contributed by atoms with Crippen LogP contribution in [-0.2, 0) is 6.42 Å². The van der Waals surface area contributed by atoms with Crippen molar-refractivity contribution in [3.8, 4) is 17.2 Å². The van der Waals surface area contributed by atoms with Gasteiger partial charge in [-0.25, -0.2) is 9.67 Å². The van der Waals surface area contributed by atoms with Crippen molar-refractivity contribution in [3.05, 3.63) is 76.5 Å². The molecule has 1 aliphatic heterocycles. The molecular formula is C26H27N5O5. The summed E-state index contributed by atoms with van der Waals surface area (Å²) in [6.45, 7) is 0.845. The van der Waals surface area contributed by atoms with Crippen LogP contribution in [0.3, 0.4) is 0 Å². The molecule has 0 aliphatic carbocycles. The van der Waals surface area contributed by atoms with E-state index in [1.165, 1.54) is 19.6 Å². The molecule has 1 aliphatic rings. The molecule has 0 spiro atoms. The molecule has 0 radical (unpaired) electrons. The number of hydrogen-bond acceptors (Lipinski definition) is 7. The summed E-state index contributed by atoms with van der Waals surface area (Å²) in [7, 11) is 3.08. The fraction of sp³-hybridized carbons (Fsp3) is 0.308. The van der Waals surface area contributed by atoms with Crippen molar-refractivity contribution in [2.75, 3.05) is 27.3 Å². The highest BCUT2D eigenvalue weighted by molar-refractivity contribution is 5.97. The molecule has 1 fully saturated rings. The van der Waals surface area contributed by atoms with Gasteiger partial charge in [-0.3, -0.25) is 9.59 Å². The number of rotatable bonds is 6. The van der Waals surface area contributed by atoms with Crippen LogP contribution < -0.4 is 15.0 Å². The number of carbonyl (C=O) groups excluding carboxylic acids is 1. The van der Waals surface area contributed by atoms with Gasteiger partial charge in [0.05, 0.1) is 43.6 Å². The van der Waals surface area contributed by atoms with E-state index in [9.17, 15) is 14.7 Å². The average molecular weight is 490 g/mol. The Morgan fingerprint density at radius 2 is 1.94 bits per heavy atom. The summed E-state index contributed by atoms with van der Waals surface area (Å²) < 4.78 is 12.2. The summed E-state index contributed by atoms with van der Waals surface area (Å²) in [5, 5.41) is 16.1. The number of amides is 1. The van der Waals surface area contributed by atoms with Gasteiger partial charge in [-0.1, -0.05) is 12.1 Å². The number of piperidine rings is 1. The number of methoxy groups -OCH3 is 2. The van der Waals surface area contributed by atoms with E-state index in [0.717, 1.165) is 11.3 Å². The van der Waals surface area contributed by atoms with E-state index < -0.39 is 5.60 Å². The lowest BCUT2D eigenvalue weighted by Crippen LogP contribution is -2.47. The van der Waals surface area contributed by atoms with Crippen molar-refractivity contribution in [1.29, 1.82) is 0 Å². The summed E-state index contributed by atoms with van der Waals surface area (Å²) in [5.41, 5.74) is 1.39. The summed E-state index contributed by atoms with van der Waals surface area (Å²) in [6, 6.07) is 12.8. The number of aromatic amines is 1. The molecule has 0 atom stereocenters. The van der Waals surface area contributed by atoms with Crippen molar-refractivity contribution in [2.24, 2.45) is 0 Å². The van der Waals surface area contributed by atoms with Gasteiger partial charge in [0.25, 0.3) is 11.5 Å². The summed E-state index contributed by atoms with van der Waals surface area (Å²) >= 11 is 0. The highest BCUT2D eigenvalue weighted by atomic mass is 16.5.